The highest BCUT2D eigenvalue weighted by atomic mass is 16.1. The monoisotopic (exact) mass is 200 g/mol. The van der Waals surface area contributed by atoms with E-state index >= 15 is 0 Å². The summed E-state index contributed by atoms with van der Waals surface area (Å²) in [5.41, 5.74) is 0.654. The van der Waals surface area contributed by atoms with E-state index < -0.39 is 0 Å². The van der Waals surface area contributed by atoms with Gasteiger partial charge in [-0.15, -0.1) is 0 Å². The minimum atomic E-state index is -0.0828. The fourth-order valence-electron chi connectivity index (χ4n) is 1.67. The molecule has 76 valence electrons. The summed E-state index contributed by atoms with van der Waals surface area (Å²) in [6.07, 6.45) is 1.81. The second-order valence-electron chi connectivity index (χ2n) is 3.76. The van der Waals surface area contributed by atoms with Crippen LogP contribution in [0.5, 0.6) is 0 Å². The molecule has 0 aliphatic heterocycles. The van der Waals surface area contributed by atoms with Crippen molar-refractivity contribution in [2.45, 2.75) is 18.9 Å². The highest BCUT2D eigenvalue weighted by Crippen LogP contribution is 2.26. The SMILES string of the molecule is N#C[C@@H]1CC[C@@H]1NC(=O)c1ccccc1. The van der Waals surface area contributed by atoms with Gasteiger partial charge in [0, 0.05) is 11.6 Å². The number of nitriles is 1. The van der Waals surface area contributed by atoms with Gasteiger partial charge in [-0.05, 0) is 25.0 Å². The third-order valence-corrected chi connectivity index (χ3v) is 2.79. The van der Waals surface area contributed by atoms with Crippen LogP contribution < -0.4 is 5.32 Å². The van der Waals surface area contributed by atoms with E-state index in [9.17, 15) is 4.79 Å². The minimum Gasteiger partial charge on any atom is -0.348 e. The van der Waals surface area contributed by atoms with E-state index in [1.54, 1.807) is 12.1 Å². The molecule has 0 unspecified atom stereocenters. The minimum absolute atomic E-state index is 0.00216. The van der Waals surface area contributed by atoms with Gasteiger partial charge in [-0.2, -0.15) is 5.26 Å². The zero-order valence-corrected chi connectivity index (χ0v) is 8.31. The van der Waals surface area contributed by atoms with Gasteiger partial charge in [0.15, 0.2) is 0 Å². The summed E-state index contributed by atoms with van der Waals surface area (Å²) >= 11 is 0. The van der Waals surface area contributed by atoms with Crippen molar-refractivity contribution in [3.05, 3.63) is 35.9 Å². The van der Waals surface area contributed by atoms with Gasteiger partial charge >= 0.3 is 0 Å². The first-order valence-corrected chi connectivity index (χ1v) is 5.07. The van der Waals surface area contributed by atoms with Gasteiger partial charge < -0.3 is 5.32 Å². The van der Waals surface area contributed by atoms with Crippen LogP contribution in [-0.4, -0.2) is 11.9 Å². The quantitative estimate of drug-likeness (QED) is 0.790. The van der Waals surface area contributed by atoms with Gasteiger partial charge in [-0.3, -0.25) is 4.79 Å². The summed E-state index contributed by atoms with van der Waals surface area (Å²) in [6, 6.07) is 11.3. The first-order chi connectivity index (χ1) is 7.31. The Morgan fingerprint density at radius 3 is 2.60 bits per heavy atom. The molecule has 1 N–H and O–H groups in total. The first kappa shape index (κ1) is 9.72. The molecule has 3 heteroatoms. The van der Waals surface area contributed by atoms with Crippen molar-refractivity contribution < 1.29 is 4.79 Å². The van der Waals surface area contributed by atoms with Crippen LogP contribution in [0, 0.1) is 17.2 Å². The Hall–Kier alpha value is -1.82. The predicted octanol–water partition coefficient (Wildman–Crippen LogP) is 1.72. The van der Waals surface area contributed by atoms with Gasteiger partial charge in [0.2, 0.25) is 0 Å². The molecule has 1 aliphatic carbocycles. The molecule has 0 saturated heterocycles. The summed E-state index contributed by atoms with van der Waals surface area (Å²) < 4.78 is 0. The number of hydrogen-bond acceptors (Lipinski definition) is 2. The third kappa shape index (κ3) is 1.99. The summed E-state index contributed by atoms with van der Waals surface area (Å²) in [5.74, 6) is -0.0850. The number of carbonyl (C=O) groups excluding carboxylic acids is 1. The zero-order valence-electron chi connectivity index (χ0n) is 8.31. The average Bonchev–Trinajstić information content (AvgIpc) is 2.26. The lowest BCUT2D eigenvalue weighted by Crippen LogP contribution is -2.46. The number of carbonyl (C=O) groups is 1. The molecule has 0 heterocycles. The Labute approximate surface area is 88.7 Å². The Kier molecular flexibility index (Phi) is 2.68. The second-order valence-corrected chi connectivity index (χ2v) is 3.76. The Balaban J connectivity index is 1.97. The zero-order chi connectivity index (χ0) is 10.7. The largest absolute Gasteiger partial charge is 0.348 e. The fraction of sp³-hybridized carbons (Fsp3) is 0.333. The van der Waals surface area contributed by atoms with E-state index in [1.165, 1.54) is 0 Å². The summed E-state index contributed by atoms with van der Waals surface area (Å²) in [5, 5.41) is 11.6. The number of nitrogens with zero attached hydrogens (tertiary/aromatic N) is 1. The normalized spacial score (nSPS) is 23.7. The van der Waals surface area contributed by atoms with Gasteiger partial charge in [0.05, 0.1) is 12.0 Å². The highest BCUT2D eigenvalue weighted by molar-refractivity contribution is 5.94. The summed E-state index contributed by atoms with van der Waals surface area (Å²) in [4.78, 5) is 11.7. The van der Waals surface area contributed by atoms with Crippen molar-refractivity contribution in [1.82, 2.24) is 5.32 Å². The molecule has 1 saturated carbocycles. The molecular formula is C12H12N2O. The van der Waals surface area contributed by atoms with Crippen molar-refractivity contribution in [3.63, 3.8) is 0 Å². The maximum Gasteiger partial charge on any atom is 0.251 e. The molecule has 2 rings (SSSR count). The second kappa shape index (κ2) is 4.14. The van der Waals surface area contributed by atoms with Crippen molar-refractivity contribution >= 4 is 5.91 Å². The van der Waals surface area contributed by atoms with Crippen LogP contribution in [0.2, 0.25) is 0 Å². The predicted molar refractivity (Wildman–Crippen MR) is 56.0 cm³/mol. The first-order valence-electron chi connectivity index (χ1n) is 5.07. The topological polar surface area (TPSA) is 52.9 Å². The maximum atomic E-state index is 11.7. The van der Waals surface area contributed by atoms with Crippen LogP contribution in [-0.2, 0) is 0 Å². The molecule has 1 fully saturated rings. The Bertz CT molecular complexity index is 394. The van der Waals surface area contributed by atoms with E-state index in [4.69, 9.17) is 5.26 Å². The fourth-order valence-corrected chi connectivity index (χ4v) is 1.67. The molecule has 3 nitrogen and oxygen atoms in total. The molecular weight excluding hydrogens is 188 g/mol. The highest BCUT2D eigenvalue weighted by Gasteiger charge is 2.31. The van der Waals surface area contributed by atoms with Crippen molar-refractivity contribution in [3.8, 4) is 6.07 Å². The number of nitrogens with one attached hydrogen (secondary N) is 1. The van der Waals surface area contributed by atoms with Crippen LogP contribution in [0.25, 0.3) is 0 Å². The van der Waals surface area contributed by atoms with Crippen molar-refractivity contribution in [1.29, 1.82) is 5.26 Å². The van der Waals surface area contributed by atoms with E-state index in [0.717, 1.165) is 12.8 Å². The van der Waals surface area contributed by atoms with Crippen LogP contribution in [0.3, 0.4) is 0 Å². The number of amides is 1. The van der Waals surface area contributed by atoms with Crippen molar-refractivity contribution in [2.24, 2.45) is 5.92 Å². The number of hydrogen-bond donors (Lipinski definition) is 1. The average molecular weight is 200 g/mol. The molecule has 1 aromatic carbocycles. The van der Waals surface area contributed by atoms with E-state index in [0.29, 0.717) is 5.56 Å². The lowest BCUT2D eigenvalue weighted by molar-refractivity contribution is 0.0898. The van der Waals surface area contributed by atoms with E-state index in [2.05, 4.69) is 11.4 Å². The number of benzene rings is 1. The Morgan fingerprint density at radius 1 is 1.33 bits per heavy atom. The molecule has 15 heavy (non-hydrogen) atoms. The van der Waals surface area contributed by atoms with Crippen LogP contribution in [0.1, 0.15) is 23.2 Å². The summed E-state index contributed by atoms with van der Waals surface area (Å²) in [7, 11) is 0. The molecule has 2 atom stereocenters. The van der Waals surface area contributed by atoms with Crippen LogP contribution in [0.15, 0.2) is 30.3 Å². The molecule has 0 aromatic heterocycles. The van der Waals surface area contributed by atoms with E-state index in [-0.39, 0.29) is 17.9 Å². The molecule has 1 aromatic rings. The Morgan fingerprint density at radius 2 is 2.07 bits per heavy atom. The smallest absolute Gasteiger partial charge is 0.251 e. The molecule has 0 bridgehead atoms. The summed E-state index contributed by atoms with van der Waals surface area (Å²) in [6.45, 7) is 0. The molecule has 1 amide bonds. The van der Waals surface area contributed by atoms with Gasteiger partial charge in [0.1, 0.15) is 0 Å². The lowest BCUT2D eigenvalue weighted by Gasteiger charge is -2.32. The lowest BCUT2D eigenvalue weighted by atomic mass is 9.80. The van der Waals surface area contributed by atoms with Crippen molar-refractivity contribution in [2.75, 3.05) is 0 Å². The van der Waals surface area contributed by atoms with Crippen LogP contribution in [0.4, 0.5) is 0 Å². The molecule has 1 aliphatic rings. The number of rotatable bonds is 2. The third-order valence-electron chi connectivity index (χ3n) is 2.79. The standard InChI is InChI=1S/C12H12N2O/c13-8-10-6-7-11(10)14-12(15)9-4-2-1-3-5-9/h1-5,10-11H,6-7H2,(H,14,15)/t10-,11-/m0/s1. The van der Waals surface area contributed by atoms with Gasteiger partial charge in [-0.1, -0.05) is 18.2 Å². The molecule has 0 radical (unpaired) electrons. The van der Waals surface area contributed by atoms with Crippen LogP contribution >= 0.6 is 0 Å². The van der Waals surface area contributed by atoms with Gasteiger partial charge in [-0.25, -0.2) is 0 Å². The van der Waals surface area contributed by atoms with Gasteiger partial charge in [0.25, 0.3) is 5.91 Å². The maximum absolute atomic E-state index is 11.7. The van der Waals surface area contributed by atoms with E-state index in [1.807, 2.05) is 18.2 Å². The molecule has 0 spiro atoms.